The van der Waals surface area contributed by atoms with E-state index in [9.17, 15) is 0 Å². The summed E-state index contributed by atoms with van der Waals surface area (Å²) in [5.41, 5.74) is 5.27. The Kier molecular flexibility index (Phi) is 4.15. The number of nitrogens with zero attached hydrogens (tertiary/aromatic N) is 2. The predicted octanol–water partition coefficient (Wildman–Crippen LogP) is 2.83. The highest BCUT2D eigenvalue weighted by molar-refractivity contribution is 7.78. The van der Waals surface area contributed by atoms with Gasteiger partial charge in [0.05, 0.1) is 7.05 Å². The van der Waals surface area contributed by atoms with Crippen molar-refractivity contribution in [2.45, 2.75) is 33.7 Å². The third-order valence-corrected chi connectivity index (χ3v) is 4.16. The maximum atomic E-state index is 4.89. The minimum Gasteiger partial charge on any atom is -0.234 e. The summed E-state index contributed by atoms with van der Waals surface area (Å²) in [7, 11) is 2.12. The molecule has 0 unspecified atom stereocenters. The van der Waals surface area contributed by atoms with E-state index in [-0.39, 0.29) is 0 Å². The van der Waals surface area contributed by atoms with Crippen LogP contribution in [0.4, 0.5) is 0 Å². The summed E-state index contributed by atoms with van der Waals surface area (Å²) >= 11 is 4.89. The van der Waals surface area contributed by atoms with Crippen molar-refractivity contribution in [1.29, 1.82) is 0 Å². The van der Waals surface area contributed by atoms with E-state index in [1.165, 1.54) is 28.3 Å². The van der Waals surface area contributed by atoms with E-state index < -0.39 is 0 Å². The van der Waals surface area contributed by atoms with Crippen molar-refractivity contribution in [1.82, 2.24) is 4.57 Å². The molecule has 0 aliphatic carbocycles. The van der Waals surface area contributed by atoms with Crippen LogP contribution in [0.3, 0.4) is 0 Å². The van der Waals surface area contributed by atoms with Crippen molar-refractivity contribution < 1.29 is 4.57 Å². The predicted molar refractivity (Wildman–Crippen MR) is 82.7 cm³/mol. The lowest BCUT2D eigenvalue weighted by Crippen LogP contribution is -2.33. The number of hydrogen-bond donors (Lipinski definition) is 0. The zero-order valence-corrected chi connectivity index (χ0v) is 12.9. The van der Waals surface area contributed by atoms with Gasteiger partial charge in [-0.05, 0) is 16.5 Å². The number of benzene rings is 1. The lowest BCUT2D eigenvalue weighted by Gasteiger charge is -2.03. The zero-order valence-electron chi connectivity index (χ0n) is 12.1. The third kappa shape index (κ3) is 2.76. The lowest BCUT2D eigenvalue weighted by atomic mass is 10.1. The summed E-state index contributed by atoms with van der Waals surface area (Å²) in [6.45, 7) is 7.45. The molecular weight excluding hydrogens is 252 g/mol. The van der Waals surface area contributed by atoms with Gasteiger partial charge < -0.3 is 0 Å². The SMILES string of the molecule is Cc1c(C)[n+](C)c(C)n1Cc1ccc(CC=S)cc1. The largest absolute Gasteiger partial charge is 0.253 e. The summed E-state index contributed by atoms with van der Waals surface area (Å²) in [4.78, 5) is 0. The van der Waals surface area contributed by atoms with E-state index in [2.05, 4.69) is 61.2 Å². The minimum atomic E-state index is 0.866. The summed E-state index contributed by atoms with van der Waals surface area (Å²) in [5, 5.41) is 1.78. The molecule has 3 heteroatoms. The van der Waals surface area contributed by atoms with Gasteiger partial charge in [-0.25, -0.2) is 9.13 Å². The molecule has 0 amide bonds. The Bertz CT molecular complexity index is 569. The second-order valence-electron chi connectivity index (χ2n) is 5.05. The van der Waals surface area contributed by atoms with E-state index >= 15 is 0 Å². The Labute approximate surface area is 120 Å². The molecule has 2 rings (SSSR count). The van der Waals surface area contributed by atoms with E-state index in [0.717, 1.165) is 13.0 Å². The summed E-state index contributed by atoms with van der Waals surface area (Å²) in [5.74, 6) is 1.29. The molecule has 0 bridgehead atoms. The highest BCUT2D eigenvalue weighted by atomic mass is 32.1. The standard InChI is InChI=1S/C16H21N2S/c1-12-13(2)18(14(3)17(12)4)11-16-7-5-15(6-8-16)9-10-19/h5-8,10H,9,11H2,1-4H3/q+1. The molecule has 0 atom stereocenters. The second-order valence-corrected chi connectivity index (χ2v) is 5.38. The number of aromatic nitrogens is 2. The fraction of sp³-hybridized carbons (Fsp3) is 0.375. The normalized spacial score (nSPS) is 10.7. The average Bonchev–Trinajstić information content (AvgIpc) is 2.59. The van der Waals surface area contributed by atoms with E-state index in [4.69, 9.17) is 12.2 Å². The van der Waals surface area contributed by atoms with Crippen molar-refractivity contribution in [3.63, 3.8) is 0 Å². The zero-order chi connectivity index (χ0) is 14.0. The van der Waals surface area contributed by atoms with Crippen LogP contribution in [-0.4, -0.2) is 9.93 Å². The van der Waals surface area contributed by atoms with Gasteiger partial charge in [-0.1, -0.05) is 36.5 Å². The molecule has 1 aromatic heterocycles. The van der Waals surface area contributed by atoms with Gasteiger partial charge in [0, 0.05) is 27.2 Å². The molecule has 1 aromatic carbocycles. The van der Waals surface area contributed by atoms with Gasteiger partial charge in [0.2, 0.25) is 0 Å². The molecule has 2 nitrogen and oxygen atoms in total. The van der Waals surface area contributed by atoms with Crippen LogP contribution in [0.25, 0.3) is 0 Å². The average molecular weight is 273 g/mol. The Morgan fingerprint density at radius 2 is 1.68 bits per heavy atom. The molecule has 0 N–H and O–H groups in total. The molecule has 19 heavy (non-hydrogen) atoms. The third-order valence-electron chi connectivity index (χ3n) is 3.99. The summed E-state index contributed by atoms with van der Waals surface area (Å²) in [6.07, 6.45) is 0.866. The van der Waals surface area contributed by atoms with Gasteiger partial charge >= 0.3 is 0 Å². The molecule has 0 saturated carbocycles. The highest BCUT2D eigenvalue weighted by Crippen LogP contribution is 2.12. The second kappa shape index (κ2) is 5.66. The maximum absolute atomic E-state index is 4.89. The first-order chi connectivity index (χ1) is 9.04. The Balaban J connectivity index is 2.26. The molecule has 0 spiro atoms. The van der Waals surface area contributed by atoms with Crippen LogP contribution in [0.15, 0.2) is 24.3 Å². The first kappa shape index (κ1) is 13.9. The van der Waals surface area contributed by atoms with Crippen LogP contribution in [0.1, 0.15) is 28.3 Å². The van der Waals surface area contributed by atoms with Gasteiger partial charge in [0.15, 0.2) is 0 Å². The van der Waals surface area contributed by atoms with Crippen LogP contribution in [0.5, 0.6) is 0 Å². The molecular formula is C16H21N2S+. The quantitative estimate of drug-likeness (QED) is 0.614. The Morgan fingerprint density at radius 3 is 2.16 bits per heavy atom. The lowest BCUT2D eigenvalue weighted by molar-refractivity contribution is -0.683. The van der Waals surface area contributed by atoms with Crippen molar-refractivity contribution in [3.05, 3.63) is 52.6 Å². The van der Waals surface area contributed by atoms with Crippen LogP contribution >= 0.6 is 12.2 Å². The monoisotopic (exact) mass is 273 g/mol. The van der Waals surface area contributed by atoms with Crippen molar-refractivity contribution in [3.8, 4) is 0 Å². The molecule has 0 aliphatic heterocycles. The topological polar surface area (TPSA) is 8.81 Å². The van der Waals surface area contributed by atoms with E-state index in [1.54, 1.807) is 5.37 Å². The molecule has 0 radical (unpaired) electrons. The van der Waals surface area contributed by atoms with Gasteiger partial charge in [-0.3, -0.25) is 0 Å². The first-order valence-electron chi connectivity index (χ1n) is 6.58. The molecule has 1 heterocycles. The highest BCUT2D eigenvalue weighted by Gasteiger charge is 2.19. The van der Waals surface area contributed by atoms with Gasteiger partial charge in [-0.2, -0.15) is 0 Å². The maximum Gasteiger partial charge on any atom is 0.253 e. The van der Waals surface area contributed by atoms with Crippen LogP contribution in [0.2, 0.25) is 0 Å². The fourth-order valence-electron chi connectivity index (χ4n) is 2.40. The molecule has 2 aromatic rings. The number of rotatable bonds is 4. The summed E-state index contributed by atoms with van der Waals surface area (Å²) < 4.78 is 4.61. The van der Waals surface area contributed by atoms with Crippen LogP contribution in [0, 0.1) is 20.8 Å². The molecule has 0 fully saturated rings. The van der Waals surface area contributed by atoms with E-state index in [0.29, 0.717) is 0 Å². The first-order valence-corrected chi connectivity index (χ1v) is 7.05. The number of imidazole rings is 1. The smallest absolute Gasteiger partial charge is 0.234 e. The van der Waals surface area contributed by atoms with Gasteiger partial charge in [-0.15, -0.1) is 0 Å². The number of thiocarbonyl (C=S) groups is 1. The fourth-order valence-corrected chi connectivity index (χ4v) is 2.59. The van der Waals surface area contributed by atoms with Crippen molar-refractivity contribution >= 4 is 17.6 Å². The Morgan fingerprint density at radius 1 is 1.11 bits per heavy atom. The van der Waals surface area contributed by atoms with E-state index in [1.807, 2.05) is 0 Å². The molecule has 0 saturated heterocycles. The van der Waals surface area contributed by atoms with Crippen LogP contribution in [-0.2, 0) is 20.0 Å². The molecule has 0 aliphatic rings. The number of hydrogen-bond acceptors (Lipinski definition) is 1. The Hall–Kier alpha value is -1.48. The summed E-state index contributed by atoms with van der Waals surface area (Å²) in [6, 6.07) is 8.73. The van der Waals surface area contributed by atoms with Gasteiger partial charge in [0.1, 0.15) is 17.9 Å². The minimum absolute atomic E-state index is 0.866. The molecule has 100 valence electrons. The van der Waals surface area contributed by atoms with Crippen molar-refractivity contribution in [2.75, 3.05) is 0 Å². The van der Waals surface area contributed by atoms with Crippen LogP contribution < -0.4 is 4.57 Å². The van der Waals surface area contributed by atoms with Crippen molar-refractivity contribution in [2.24, 2.45) is 7.05 Å². The van der Waals surface area contributed by atoms with Gasteiger partial charge in [0.25, 0.3) is 5.82 Å².